The van der Waals surface area contributed by atoms with Crippen molar-refractivity contribution in [1.29, 1.82) is 0 Å². The van der Waals surface area contributed by atoms with Gasteiger partial charge < -0.3 is 20.1 Å². The highest BCUT2D eigenvalue weighted by molar-refractivity contribution is 5.95. The molecule has 7 nitrogen and oxygen atoms in total. The van der Waals surface area contributed by atoms with E-state index in [1.807, 2.05) is 4.90 Å². The lowest BCUT2D eigenvalue weighted by atomic mass is 10.1. The molecule has 1 aromatic rings. The average molecular weight is 321 g/mol. The van der Waals surface area contributed by atoms with Gasteiger partial charge >= 0.3 is 0 Å². The molecule has 1 unspecified atom stereocenters. The van der Waals surface area contributed by atoms with Crippen LogP contribution in [0.2, 0.25) is 0 Å². The molecule has 0 spiro atoms. The third-order valence-corrected chi connectivity index (χ3v) is 4.16. The minimum absolute atomic E-state index is 0.0754. The molecule has 2 rings (SSSR count). The van der Waals surface area contributed by atoms with E-state index in [4.69, 9.17) is 15.2 Å². The molecule has 1 heterocycles. The lowest BCUT2D eigenvalue weighted by Crippen LogP contribution is -2.54. The van der Waals surface area contributed by atoms with Crippen LogP contribution in [0.4, 0.5) is 0 Å². The molecular formula is C16H23N3O4. The van der Waals surface area contributed by atoms with E-state index in [2.05, 4.69) is 0 Å². The highest BCUT2D eigenvalue weighted by Crippen LogP contribution is 2.23. The largest absolute Gasteiger partial charge is 0.497 e. The highest BCUT2D eigenvalue weighted by Gasteiger charge is 2.27. The number of nitrogens with two attached hydrogens (primary N) is 1. The summed E-state index contributed by atoms with van der Waals surface area (Å²) in [6, 6.07) is 4.81. The van der Waals surface area contributed by atoms with E-state index in [-0.39, 0.29) is 17.9 Å². The number of piperazine rings is 1. The highest BCUT2D eigenvalue weighted by atomic mass is 16.5. The van der Waals surface area contributed by atoms with Crippen molar-refractivity contribution in [3.63, 3.8) is 0 Å². The van der Waals surface area contributed by atoms with Gasteiger partial charge in [-0.05, 0) is 19.1 Å². The third-order valence-electron chi connectivity index (χ3n) is 4.16. The molecular weight excluding hydrogens is 298 g/mol. The summed E-state index contributed by atoms with van der Waals surface area (Å²) < 4.78 is 10.4. The van der Waals surface area contributed by atoms with Crippen molar-refractivity contribution in [1.82, 2.24) is 9.80 Å². The summed E-state index contributed by atoms with van der Waals surface area (Å²) in [6.07, 6.45) is 0. The maximum Gasteiger partial charge on any atom is 0.254 e. The molecule has 0 radical (unpaired) electrons. The van der Waals surface area contributed by atoms with Gasteiger partial charge in [-0.1, -0.05) is 0 Å². The lowest BCUT2D eigenvalue weighted by Gasteiger charge is -2.37. The number of primary amides is 1. The van der Waals surface area contributed by atoms with Crippen LogP contribution < -0.4 is 15.2 Å². The van der Waals surface area contributed by atoms with E-state index in [0.29, 0.717) is 43.2 Å². The molecule has 126 valence electrons. The molecule has 0 bridgehead atoms. The molecule has 1 aliphatic rings. The standard InChI is InChI=1S/C16H23N3O4/c1-11(15(17)20)18-4-6-19(7-5-18)16(21)12-8-13(22-2)10-14(9-12)23-3/h8-11H,4-7H2,1-3H3,(H2,17,20). The fourth-order valence-electron chi connectivity index (χ4n) is 2.61. The predicted molar refractivity (Wildman–Crippen MR) is 85.7 cm³/mol. The monoisotopic (exact) mass is 321 g/mol. The van der Waals surface area contributed by atoms with Gasteiger partial charge in [-0.25, -0.2) is 0 Å². The molecule has 1 aromatic carbocycles. The summed E-state index contributed by atoms with van der Waals surface area (Å²) in [6.45, 7) is 4.13. The van der Waals surface area contributed by atoms with Crippen molar-refractivity contribution in [2.45, 2.75) is 13.0 Å². The van der Waals surface area contributed by atoms with Crippen molar-refractivity contribution in [2.75, 3.05) is 40.4 Å². The first kappa shape index (κ1) is 17.1. The number of benzene rings is 1. The number of carbonyl (C=O) groups is 2. The second-order valence-corrected chi connectivity index (χ2v) is 5.51. The third kappa shape index (κ3) is 3.92. The molecule has 0 aliphatic carbocycles. The van der Waals surface area contributed by atoms with Gasteiger partial charge in [0.15, 0.2) is 0 Å². The van der Waals surface area contributed by atoms with Crippen LogP contribution in [0.5, 0.6) is 11.5 Å². The second kappa shape index (κ2) is 7.32. The Bertz CT molecular complexity index is 560. The molecule has 0 saturated carbocycles. The average Bonchev–Trinajstić information content (AvgIpc) is 2.59. The molecule has 2 N–H and O–H groups in total. The number of nitrogens with zero attached hydrogens (tertiary/aromatic N) is 2. The second-order valence-electron chi connectivity index (χ2n) is 5.51. The Labute approximate surface area is 135 Å². The Morgan fingerprint density at radius 1 is 1.04 bits per heavy atom. The van der Waals surface area contributed by atoms with Gasteiger partial charge in [0.25, 0.3) is 5.91 Å². The Kier molecular flexibility index (Phi) is 5.44. The first-order chi connectivity index (χ1) is 11.0. The number of carbonyl (C=O) groups excluding carboxylic acids is 2. The van der Waals surface area contributed by atoms with Gasteiger partial charge in [-0.15, -0.1) is 0 Å². The number of amides is 2. The number of methoxy groups -OCH3 is 2. The maximum atomic E-state index is 12.7. The zero-order valence-corrected chi connectivity index (χ0v) is 13.7. The van der Waals surface area contributed by atoms with E-state index in [9.17, 15) is 9.59 Å². The van der Waals surface area contributed by atoms with Crippen LogP contribution in [-0.4, -0.2) is 68.1 Å². The van der Waals surface area contributed by atoms with Gasteiger partial charge in [-0.2, -0.15) is 0 Å². The fraction of sp³-hybridized carbons (Fsp3) is 0.500. The van der Waals surface area contributed by atoms with E-state index < -0.39 is 0 Å². The van der Waals surface area contributed by atoms with Gasteiger partial charge in [-0.3, -0.25) is 14.5 Å². The molecule has 2 amide bonds. The summed E-state index contributed by atoms with van der Waals surface area (Å²) in [5.74, 6) is 0.734. The summed E-state index contributed by atoms with van der Waals surface area (Å²) in [5, 5.41) is 0. The Balaban J connectivity index is 2.06. The Hall–Kier alpha value is -2.28. The smallest absolute Gasteiger partial charge is 0.254 e. The number of rotatable bonds is 5. The van der Waals surface area contributed by atoms with Crippen molar-refractivity contribution in [3.05, 3.63) is 23.8 Å². The molecule has 1 saturated heterocycles. The van der Waals surface area contributed by atoms with Crippen molar-refractivity contribution < 1.29 is 19.1 Å². The van der Waals surface area contributed by atoms with Crippen LogP contribution in [0.15, 0.2) is 18.2 Å². The lowest BCUT2D eigenvalue weighted by molar-refractivity contribution is -0.123. The van der Waals surface area contributed by atoms with Crippen molar-refractivity contribution in [2.24, 2.45) is 5.73 Å². The zero-order chi connectivity index (χ0) is 17.0. The molecule has 1 atom stereocenters. The number of ether oxygens (including phenoxy) is 2. The van der Waals surface area contributed by atoms with E-state index in [1.54, 1.807) is 44.2 Å². The zero-order valence-electron chi connectivity index (χ0n) is 13.7. The maximum absolute atomic E-state index is 12.7. The normalized spacial score (nSPS) is 16.7. The van der Waals surface area contributed by atoms with Gasteiger partial charge in [0.2, 0.25) is 5.91 Å². The van der Waals surface area contributed by atoms with Crippen LogP contribution >= 0.6 is 0 Å². The molecule has 1 fully saturated rings. The fourth-order valence-corrected chi connectivity index (χ4v) is 2.61. The first-order valence-corrected chi connectivity index (χ1v) is 7.52. The summed E-state index contributed by atoms with van der Waals surface area (Å²) in [4.78, 5) is 27.6. The molecule has 23 heavy (non-hydrogen) atoms. The molecule has 1 aliphatic heterocycles. The molecule has 7 heteroatoms. The van der Waals surface area contributed by atoms with Gasteiger partial charge in [0.1, 0.15) is 11.5 Å². The summed E-state index contributed by atoms with van der Waals surface area (Å²) >= 11 is 0. The minimum atomic E-state index is -0.345. The predicted octanol–water partition coefficient (Wildman–Crippen LogP) is 0.335. The van der Waals surface area contributed by atoms with E-state index in [0.717, 1.165) is 0 Å². The Morgan fingerprint density at radius 3 is 2.00 bits per heavy atom. The SMILES string of the molecule is COc1cc(OC)cc(C(=O)N2CCN(C(C)C(N)=O)CC2)c1. The Morgan fingerprint density at radius 2 is 1.57 bits per heavy atom. The topological polar surface area (TPSA) is 85.1 Å². The quantitative estimate of drug-likeness (QED) is 0.845. The van der Waals surface area contributed by atoms with Crippen LogP contribution in [0.1, 0.15) is 17.3 Å². The van der Waals surface area contributed by atoms with Crippen molar-refractivity contribution >= 4 is 11.8 Å². The van der Waals surface area contributed by atoms with Crippen LogP contribution in [0, 0.1) is 0 Å². The van der Waals surface area contributed by atoms with Crippen LogP contribution in [0.25, 0.3) is 0 Å². The van der Waals surface area contributed by atoms with E-state index >= 15 is 0 Å². The first-order valence-electron chi connectivity index (χ1n) is 7.52. The molecule has 0 aromatic heterocycles. The number of hydrogen-bond donors (Lipinski definition) is 1. The van der Waals surface area contributed by atoms with Crippen molar-refractivity contribution in [3.8, 4) is 11.5 Å². The van der Waals surface area contributed by atoms with E-state index in [1.165, 1.54) is 0 Å². The van der Waals surface area contributed by atoms with Gasteiger partial charge in [0.05, 0.1) is 20.3 Å². The van der Waals surface area contributed by atoms with Crippen LogP contribution in [0.3, 0.4) is 0 Å². The van der Waals surface area contributed by atoms with Gasteiger partial charge in [0, 0.05) is 37.8 Å². The number of hydrogen-bond acceptors (Lipinski definition) is 5. The summed E-state index contributed by atoms with van der Waals surface area (Å²) in [7, 11) is 3.10. The van der Waals surface area contributed by atoms with Crippen LogP contribution in [-0.2, 0) is 4.79 Å². The summed E-state index contributed by atoms with van der Waals surface area (Å²) in [5.41, 5.74) is 5.85. The minimum Gasteiger partial charge on any atom is -0.497 e.